The quantitative estimate of drug-likeness (QED) is 0.740. The number of carbonyl (C=O) groups is 1. The van der Waals surface area contributed by atoms with E-state index in [0.717, 1.165) is 29.9 Å². The van der Waals surface area contributed by atoms with Gasteiger partial charge in [0.2, 0.25) is 6.79 Å². The van der Waals surface area contributed by atoms with Crippen molar-refractivity contribution in [2.45, 2.75) is 31.9 Å². The second-order valence-electron chi connectivity index (χ2n) is 7.07. The number of ether oxygens (including phenoxy) is 5. The summed E-state index contributed by atoms with van der Waals surface area (Å²) in [4.78, 5) is 15.1. The minimum Gasteiger partial charge on any atom is -0.497 e. The third-order valence-corrected chi connectivity index (χ3v) is 5.34. The SMILES string of the molecule is COc1ccc(OC)c([C@H]2CCCN2C(=O)[C@@H](C)Oc2ccc3c(c2)OCO3)c1. The van der Waals surface area contributed by atoms with Crippen LogP contribution in [0.1, 0.15) is 31.4 Å². The number of methoxy groups -OCH3 is 2. The van der Waals surface area contributed by atoms with Crippen molar-refractivity contribution in [3.8, 4) is 28.7 Å². The summed E-state index contributed by atoms with van der Waals surface area (Å²) in [5, 5.41) is 0. The molecule has 154 valence electrons. The van der Waals surface area contributed by atoms with Gasteiger partial charge in [0.25, 0.3) is 5.91 Å². The van der Waals surface area contributed by atoms with Gasteiger partial charge in [-0.3, -0.25) is 4.79 Å². The predicted octanol–water partition coefficient (Wildman–Crippen LogP) is 3.56. The van der Waals surface area contributed by atoms with Crippen molar-refractivity contribution in [3.63, 3.8) is 0 Å². The van der Waals surface area contributed by atoms with Crippen LogP contribution < -0.4 is 23.7 Å². The molecule has 2 aliphatic heterocycles. The van der Waals surface area contributed by atoms with Gasteiger partial charge in [-0.15, -0.1) is 0 Å². The molecule has 1 fully saturated rings. The van der Waals surface area contributed by atoms with Crippen LogP contribution >= 0.6 is 0 Å². The number of hydrogen-bond acceptors (Lipinski definition) is 6. The summed E-state index contributed by atoms with van der Waals surface area (Å²) in [7, 11) is 3.27. The molecule has 29 heavy (non-hydrogen) atoms. The highest BCUT2D eigenvalue weighted by atomic mass is 16.7. The molecule has 7 nitrogen and oxygen atoms in total. The molecular weight excluding hydrogens is 374 g/mol. The number of benzene rings is 2. The molecule has 0 spiro atoms. The molecule has 0 aromatic heterocycles. The normalized spacial score (nSPS) is 18.4. The third kappa shape index (κ3) is 3.77. The molecule has 0 radical (unpaired) electrons. The largest absolute Gasteiger partial charge is 0.497 e. The molecule has 0 N–H and O–H groups in total. The van der Waals surface area contributed by atoms with Crippen molar-refractivity contribution in [3.05, 3.63) is 42.0 Å². The van der Waals surface area contributed by atoms with Gasteiger partial charge in [-0.2, -0.15) is 0 Å². The number of likely N-dealkylation sites (tertiary alicyclic amines) is 1. The Balaban J connectivity index is 1.52. The Labute approximate surface area is 170 Å². The zero-order valence-corrected chi connectivity index (χ0v) is 16.8. The van der Waals surface area contributed by atoms with Gasteiger partial charge in [-0.1, -0.05) is 0 Å². The average molecular weight is 399 g/mol. The van der Waals surface area contributed by atoms with Crippen LogP contribution in [0.4, 0.5) is 0 Å². The lowest BCUT2D eigenvalue weighted by Crippen LogP contribution is -2.40. The minimum absolute atomic E-state index is 0.0601. The fraction of sp³-hybridized carbons (Fsp3) is 0.409. The van der Waals surface area contributed by atoms with E-state index in [-0.39, 0.29) is 18.7 Å². The number of carbonyl (C=O) groups excluding carboxylic acids is 1. The maximum absolute atomic E-state index is 13.2. The van der Waals surface area contributed by atoms with Crippen LogP contribution in [-0.4, -0.2) is 44.5 Å². The molecule has 0 unspecified atom stereocenters. The molecule has 2 aromatic rings. The number of fused-ring (bicyclic) bond motifs is 1. The van der Waals surface area contributed by atoms with E-state index in [1.165, 1.54) is 0 Å². The standard InChI is InChI=1S/C22H25NO6/c1-14(29-16-7-9-20-21(12-16)28-13-27-20)22(24)23-10-4-5-18(23)17-11-15(25-2)6-8-19(17)26-3/h6-9,11-12,14,18H,4-5,10,13H2,1-3H3/t14-,18-/m1/s1. The lowest BCUT2D eigenvalue weighted by atomic mass is 10.0. The summed E-state index contributed by atoms with van der Waals surface area (Å²) in [6.07, 6.45) is 1.16. The first-order valence-corrected chi connectivity index (χ1v) is 9.69. The van der Waals surface area contributed by atoms with Gasteiger partial charge in [-0.25, -0.2) is 0 Å². The van der Waals surface area contributed by atoms with Crippen molar-refractivity contribution >= 4 is 5.91 Å². The van der Waals surface area contributed by atoms with E-state index < -0.39 is 6.10 Å². The van der Waals surface area contributed by atoms with Crippen LogP contribution in [0.25, 0.3) is 0 Å². The minimum atomic E-state index is -0.632. The van der Waals surface area contributed by atoms with Crippen molar-refractivity contribution in [2.75, 3.05) is 27.6 Å². The van der Waals surface area contributed by atoms with Crippen molar-refractivity contribution in [1.82, 2.24) is 4.90 Å². The maximum Gasteiger partial charge on any atom is 0.263 e. The molecule has 1 amide bonds. The Bertz CT molecular complexity index is 899. The zero-order chi connectivity index (χ0) is 20.4. The number of rotatable bonds is 6. The van der Waals surface area contributed by atoms with Crippen LogP contribution in [0.15, 0.2) is 36.4 Å². The molecule has 0 bridgehead atoms. The van der Waals surface area contributed by atoms with Crippen molar-refractivity contribution < 1.29 is 28.5 Å². The van der Waals surface area contributed by atoms with E-state index in [0.29, 0.717) is 23.8 Å². The summed E-state index contributed by atoms with van der Waals surface area (Å²) in [6, 6.07) is 10.9. The molecular formula is C22H25NO6. The summed E-state index contributed by atoms with van der Waals surface area (Å²) in [6.45, 7) is 2.65. The molecule has 7 heteroatoms. The smallest absolute Gasteiger partial charge is 0.263 e. The highest BCUT2D eigenvalue weighted by Gasteiger charge is 2.35. The van der Waals surface area contributed by atoms with Gasteiger partial charge in [-0.05, 0) is 50.1 Å². The summed E-state index contributed by atoms with van der Waals surface area (Å²) in [5.74, 6) is 3.31. The summed E-state index contributed by atoms with van der Waals surface area (Å²) < 4.78 is 27.5. The van der Waals surface area contributed by atoms with Gasteiger partial charge >= 0.3 is 0 Å². The first-order chi connectivity index (χ1) is 14.1. The van der Waals surface area contributed by atoms with E-state index in [4.69, 9.17) is 23.7 Å². The van der Waals surface area contributed by atoms with E-state index in [2.05, 4.69) is 0 Å². The van der Waals surface area contributed by atoms with Crippen LogP contribution in [-0.2, 0) is 4.79 Å². The van der Waals surface area contributed by atoms with E-state index in [9.17, 15) is 4.79 Å². The van der Waals surface area contributed by atoms with Gasteiger partial charge in [0.15, 0.2) is 17.6 Å². The Morgan fingerprint density at radius 3 is 2.66 bits per heavy atom. The molecule has 0 aliphatic carbocycles. The van der Waals surface area contributed by atoms with Gasteiger partial charge in [0.1, 0.15) is 17.2 Å². The van der Waals surface area contributed by atoms with Gasteiger partial charge < -0.3 is 28.6 Å². The lowest BCUT2D eigenvalue weighted by molar-refractivity contribution is -0.139. The maximum atomic E-state index is 13.2. The van der Waals surface area contributed by atoms with E-state index >= 15 is 0 Å². The molecule has 2 aliphatic rings. The van der Waals surface area contributed by atoms with Gasteiger partial charge in [0, 0.05) is 18.2 Å². The fourth-order valence-electron chi connectivity index (χ4n) is 3.89. The number of nitrogens with zero attached hydrogens (tertiary/aromatic N) is 1. The zero-order valence-electron chi connectivity index (χ0n) is 16.8. The lowest BCUT2D eigenvalue weighted by Gasteiger charge is -2.29. The van der Waals surface area contributed by atoms with Crippen LogP contribution in [0, 0.1) is 0 Å². The van der Waals surface area contributed by atoms with Crippen molar-refractivity contribution in [1.29, 1.82) is 0 Å². The second-order valence-corrected chi connectivity index (χ2v) is 7.07. The van der Waals surface area contributed by atoms with Crippen LogP contribution in [0.5, 0.6) is 28.7 Å². The average Bonchev–Trinajstić information content (AvgIpc) is 3.41. The predicted molar refractivity (Wildman–Crippen MR) is 106 cm³/mol. The Morgan fingerprint density at radius 2 is 1.86 bits per heavy atom. The first-order valence-electron chi connectivity index (χ1n) is 9.69. The molecule has 4 rings (SSSR count). The Morgan fingerprint density at radius 1 is 1.07 bits per heavy atom. The highest BCUT2D eigenvalue weighted by molar-refractivity contribution is 5.82. The molecule has 2 heterocycles. The molecule has 2 atom stereocenters. The van der Waals surface area contributed by atoms with Crippen LogP contribution in [0.2, 0.25) is 0 Å². The number of amides is 1. The van der Waals surface area contributed by atoms with E-state index in [1.807, 2.05) is 23.1 Å². The summed E-state index contributed by atoms with van der Waals surface area (Å²) >= 11 is 0. The Kier molecular flexibility index (Phi) is 5.38. The van der Waals surface area contributed by atoms with Crippen LogP contribution in [0.3, 0.4) is 0 Å². The molecule has 0 saturated carbocycles. The van der Waals surface area contributed by atoms with Gasteiger partial charge in [0.05, 0.1) is 20.3 Å². The fourth-order valence-corrected chi connectivity index (χ4v) is 3.89. The summed E-state index contributed by atoms with van der Waals surface area (Å²) in [5.41, 5.74) is 0.952. The highest BCUT2D eigenvalue weighted by Crippen LogP contribution is 2.40. The number of hydrogen-bond donors (Lipinski definition) is 0. The molecule has 2 aromatic carbocycles. The molecule has 1 saturated heterocycles. The second kappa shape index (κ2) is 8.11. The Hall–Kier alpha value is -3.09. The van der Waals surface area contributed by atoms with E-state index in [1.54, 1.807) is 39.3 Å². The topological polar surface area (TPSA) is 66.5 Å². The monoisotopic (exact) mass is 399 g/mol. The van der Waals surface area contributed by atoms with Crippen molar-refractivity contribution in [2.24, 2.45) is 0 Å². The first kappa shape index (κ1) is 19.2. The third-order valence-electron chi connectivity index (χ3n) is 5.34.